The van der Waals surface area contributed by atoms with Crippen molar-refractivity contribution in [2.75, 3.05) is 20.3 Å². The first-order valence-electron chi connectivity index (χ1n) is 6.08. The fraction of sp³-hybridized carbons (Fsp3) is 0.615. The fourth-order valence-electron chi connectivity index (χ4n) is 2.23. The van der Waals surface area contributed by atoms with E-state index in [0.717, 1.165) is 24.3 Å². The van der Waals surface area contributed by atoms with Crippen molar-refractivity contribution in [2.45, 2.75) is 26.2 Å². The minimum atomic E-state index is 0.0501. The maximum atomic E-state index is 12.0. The highest BCUT2D eigenvalue weighted by atomic mass is 32.1. The number of fused-ring (bicyclic) bond motifs is 1. The van der Waals surface area contributed by atoms with E-state index in [0.29, 0.717) is 13.2 Å². The molecule has 1 heterocycles. The number of nitrogens with one attached hydrogen (secondary N) is 1. The minimum Gasteiger partial charge on any atom is -0.383 e. The maximum Gasteiger partial charge on any atom is 0.252 e. The van der Waals surface area contributed by atoms with Crippen molar-refractivity contribution >= 4 is 17.2 Å². The summed E-state index contributed by atoms with van der Waals surface area (Å²) in [5.74, 6) is 0.805. The zero-order valence-corrected chi connectivity index (χ0v) is 11.2. The van der Waals surface area contributed by atoms with Crippen LogP contribution in [0.2, 0.25) is 0 Å². The Morgan fingerprint density at radius 2 is 2.47 bits per heavy atom. The summed E-state index contributed by atoms with van der Waals surface area (Å²) in [5, 5.41) is 4.89. The van der Waals surface area contributed by atoms with Crippen LogP contribution in [0.1, 0.15) is 34.1 Å². The average molecular weight is 253 g/mol. The summed E-state index contributed by atoms with van der Waals surface area (Å²) in [6.07, 6.45) is 3.38. The van der Waals surface area contributed by atoms with Crippen molar-refractivity contribution in [3.05, 3.63) is 21.4 Å². The SMILES string of the molecule is COCCNC(=O)c1csc2c1CCC(C)C2. The highest BCUT2D eigenvalue weighted by molar-refractivity contribution is 7.10. The van der Waals surface area contributed by atoms with E-state index < -0.39 is 0 Å². The molecular weight excluding hydrogens is 234 g/mol. The molecule has 0 radical (unpaired) electrons. The van der Waals surface area contributed by atoms with E-state index in [9.17, 15) is 4.79 Å². The Balaban J connectivity index is 2.04. The van der Waals surface area contributed by atoms with Crippen LogP contribution in [0.4, 0.5) is 0 Å². The molecule has 1 aromatic rings. The number of ether oxygens (including phenoxy) is 1. The lowest BCUT2D eigenvalue weighted by Gasteiger charge is -2.18. The van der Waals surface area contributed by atoms with Gasteiger partial charge in [-0.1, -0.05) is 6.92 Å². The van der Waals surface area contributed by atoms with Crippen LogP contribution in [-0.2, 0) is 17.6 Å². The first kappa shape index (κ1) is 12.6. The van der Waals surface area contributed by atoms with E-state index in [1.165, 1.54) is 16.9 Å². The van der Waals surface area contributed by atoms with Crippen molar-refractivity contribution in [3.63, 3.8) is 0 Å². The van der Waals surface area contributed by atoms with E-state index in [2.05, 4.69) is 12.2 Å². The molecule has 1 aliphatic rings. The highest BCUT2D eigenvalue weighted by Crippen LogP contribution is 2.32. The monoisotopic (exact) mass is 253 g/mol. The third-order valence-electron chi connectivity index (χ3n) is 3.24. The molecule has 94 valence electrons. The summed E-state index contributed by atoms with van der Waals surface area (Å²) < 4.78 is 4.92. The number of rotatable bonds is 4. The standard InChI is InChI=1S/C13H19NO2S/c1-9-3-4-10-11(8-17-12(10)7-9)13(15)14-5-6-16-2/h8-9H,3-7H2,1-2H3,(H,14,15). The molecule has 3 nitrogen and oxygen atoms in total. The van der Waals surface area contributed by atoms with Crippen LogP contribution < -0.4 is 5.32 Å². The molecule has 1 aromatic heterocycles. The van der Waals surface area contributed by atoms with Gasteiger partial charge in [-0.25, -0.2) is 0 Å². The lowest BCUT2D eigenvalue weighted by molar-refractivity contribution is 0.0936. The summed E-state index contributed by atoms with van der Waals surface area (Å²) in [5.41, 5.74) is 2.16. The van der Waals surface area contributed by atoms with E-state index in [1.54, 1.807) is 18.4 Å². The van der Waals surface area contributed by atoms with E-state index >= 15 is 0 Å². The molecule has 0 aliphatic heterocycles. The fourth-order valence-corrected chi connectivity index (χ4v) is 3.47. The third kappa shape index (κ3) is 2.87. The van der Waals surface area contributed by atoms with Crippen LogP contribution in [0.3, 0.4) is 0 Å². The first-order valence-corrected chi connectivity index (χ1v) is 6.96. The van der Waals surface area contributed by atoms with Crippen molar-refractivity contribution in [2.24, 2.45) is 5.92 Å². The number of thiophene rings is 1. The zero-order chi connectivity index (χ0) is 12.3. The lowest BCUT2D eigenvalue weighted by atomic mass is 9.88. The van der Waals surface area contributed by atoms with Crippen LogP contribution in [0, 0.1) is 5.92 Å². The van der Waals surface area contributed by atoms with Crippen LogP contribution in [0.25, 0.3) is 0 Å². The molecule has 4 heteroatoms. The second kappa shape index (κ2) is 5.65. The quantitative estimate of drug-likeness (QED) is 0.836. The Morgan fingerprint density at radius 1 is 1.65 bits per heavy atom. The molecule has 0 spiro atoms. The highest BCUT2D eigenvalue weighted by Gasteiger charge is 2.22. The molecule has 1 atom stereocenters. The Hall–Kier alpha value is -0.870. The Bertz CT molecular complexity index is 400. The van der Waals surface area contributed by atoms with Crippen molar-refractivity contribution in [1.29, 1.82) is 0 Å². The van der Waals surface area contributed by atoms with Gasteiger partial charge < -0.3 is 10.1 Å². The molecular formula is C13H19NO2S. The molecule has 0 saturated heterocycles. The molecule has 0 aromatic carbocycles. The van der Waals surface area contributed by atoms with Gasteiger partial charge in [0.15, 0.2) is 0 Å². The second-order valence-electron chi connectivity index (χ2n) is 4.65. The van der Waals surface area contributed by atoms with Gasteiger partial charge in [-0.2, -0.15) is 0 Å². The average Bonchev–Trinajstić information content (AvgIpc) is 2.72. The van der Waals surface area contributed by atoms with Crippen molar-refractivity contribution < 1.29 is 9.53 Å². The van der Waals surface area contributed by atoms with Crippen molar-refractivity contribution in [1.82, 2.24) is 5.32 Å². The van der Waals surface area contributed by atoms with E-state index in [4.69, 9.17) is 4.74 Å². The Labute approximate surface area is 106 Å². The number of hydrogen-bond donors (Lipinski definition) is 1. The maximum absolute atomic E-state index is 12.0. The van der Waals surface area contributed by atoms with Gasteiger partial charge in [0.1, 0.15) is 0 Å². The molecule has 2 rings (SSSR count). The van der Waals surface area contributed by atoms with Gasteiger partial charge in [-0.05, 0) is 30.7 Å². The normalized spacial score (nSPS) is 18.8. The molecule has 1 amide bonds. The van der Waals surface area contributed by atoms with E-state index in [-0.39, 0.29) is 5.91 Å². The van der Waals surface area contributed by atoms with Gasteiger partial charge in [0, 0.05) is 23.9 Å². The molecule has 0 saturated carbocycles. The Morgan fingerprint density at radius 3 is 3.24 bits per heavy atom. The summed E-state index contributed by atoms with van der Waals surface area (Å²) in [6.45, 7) is 3.42. The summed E-state index contributed by atoms with van der Waals surface area (Å²) in [6, 6.07) is 0. The van der Waals surface area contributed by atoms with Crippen LogP contribution in [-0.4, -0.2) is 26.2 Å². The van der Waals surface area contributed by atoms with Gasteiger partial charge in [0.05, 0.1) is 12.2 Å². The molecule has 0 fully saturated rings. The van der Waals surface area contributed by atoms with Crippen LogP contribution in [0.5, 0.6) is 0 Å². The number of methoxy groups -OCH3 is 1. The predicted molar refractivity (Wildman–Crippen MR) is 69.7 cm³/mol. The van der Waals surface area contributed by atoms with Gasteiger partial charge >= 0.3 is 0 Å². The predicted octanol–water partition coefficient (Wildman–Crippen LogP) is 2.25. The van der Waals surface area contributed by atoms with Gasteiger partial charge in [-0.15, -0.1) is 11.3 Å². The molecule has 1 unspecified atom stereocenters. The van der Waals surface area contributed by atoms with Gasteiger partial charge in [-0.3, -0.25) is 4.79 Å². The van der Waals surface area contributed by atoms with Crippen LogP contribution in [0.15, 0.2) is 5.38 Å². The second-order valence-corrected chi connectivity index (χ2v) is 5.61. The third-order valence-corrected chi connectivity index (χ3v) is 4.29. The molecule has 17 heavy (non-hydrogen) atoms. The van der Waals surface area contributed by atoms with Crippen LogP contribution >= 0.6 is 11.3 Å². The summed E-state index contributed by atoms with van der Waals surface area (Å²) >= 11 is 1.73. The molecule has 1 aliphatic carbocycles. The van der Waals surface area contributed by atoms with Gasteiger partial charge in [0.25, 0.3) is 5.91 Å². The number of hydrogen-bond acceptors (Lipinski definition) is 3. The zero-order valence-electron chi connectivity index (χ0n) is 10.4. The molecule has 1 N–H and O–H groups in total. The number of carbonyl (C=O) groups excluding carboxylic acids is 1. The number of carbonyl (C=O) groups is 1. The Kier molecular flexibility index (Phi) is 4.18. The lowest BCUT2D eigenvalue weighted by Crippen LogP contribution is -2.27. The largest absolute Gasteiger partial charge is 0.383 e. The number of amides is 1. The summed E-state index contributed by atoms with van der Waals surface area (Å²) in [4.78, 5) is 13.4. The van der Waals surface area contributed by atoms with Gasteiger partial charge in [0.2, 0.25) is 0 Å². The van der Waals surface area contributed by atoms with E-state index in [1.807, 2.05) is 5.38 Å². The minimum absolute atomic E-state index is 0.0501. The first-order chi connectivity index (χ1) is 8.22. The molecule has 0 bridgehead atoms. The smallest absolute Gasteiger partial charge is 0.252 e. The summed E-state index contributed by atoms with van der Waals surface area (Å²) in [7, 11) is 1.64. The topological polar surface area (TPSA) is 38.3 Å². The van der Waals surface area contributed by atoms with Crippen molar-refractivity contribution in [3.8, 4) is 0 Å².